The van der Waals surface area contributed by atoms with Gasteiger partial charge in [0.15, 0.2) is 13.3 Å². The molecule has 2 aromatic rings. The smallest absolute Gasteiger partial charge is 0.193 e. The van der Waals surface area contributed by atoms with Crippen LogP contribution in [0.15, 0.2) is 18.6 Å². The second-order valence-corrected chi connectivity index (χ2v) is 11.8. The van der Waals surface area contributed by atoms with E-state index in [0.717, 1.165) is 4.96 Å². The van der Waals surface area contributed by atoms with E-state index < -0.39 is 8.32 Å². The minimum absolute atomic E-state index is 0.268. The van der Waals surface area contributed by atoms with E-state index in [9.17, 15) is 0 Å². The maximum Gasteiger partial charge on any atom is 0.193 e. The zero-order valence-corrected chi connectivity index (χ0v) is 13.0. The molecule has 94 valence electrons. The highest BCUT2D eigenvalue weighted by molar-refractivity contribution is 7.17. The molecule has 2 heterocycles. The third-order valence-corrected chi connectivity index (χ3v) is 8.98. The van der Waals surface area contributed by atoms with Gasteiger partial charge in [0.1, 0.15) is 0 Å². The van der Waals surface area contributed by atoms with Gasteiger partial charge in [-0.15, -0.1) is 0 Å². The van der Waals surface area contributed by atoms with Crippen LogP contribution in [0.3, 0.4) is 0 Å². The van der Waals surface area contributed by atoms with E-state index in [1.165, 1.54) is 4.88 Å². The molecule has 0 spiro atoms. The quantitative estimate of drug-likeness (QED) is 0.789. The van der Waals surface area contributed by atoms with Crippen molar-refractivity contribution in [2.75, 3.05) is 0 Å². The van der Waals surface area contributed by atoms with Gasteiger partial charge in [0.25, 0.3) is 0 Å². The Morgan fingerprint density at radius 1 is 1.41 bits per heavy atom. The van der Waals surface area contributed by atoms with Crippen LogP contribution in [0.25, 0.3) is 4.96 Å². The molecular weight excluding hydrogens is 248 g/mol. The highest BCUT2D eigenvalue weighted by Gasteiger charge is 2.37. The SMILES string of the molecule is CC(C)(C)[Si](C)(C)OCc1cn2ccnc2s1. The molecule has 0 unspecified atom stereocenters. The molecule has 17 heavy (non-hydrogen) atoms. The third-order valence-electron chi connectivity index (χ3n) is 3.52. The fourth-order valence-electron chi connectivity index (χ4n) is 1.31. The lowest BCUT2D eigenvalue weighted by atomic mass is 10.2. The summed E-state index contributed by atoms with van der Waals surface area (Å²) in [4.78, 5) is 6.56. The molecule has 0 bridgehead atoms. The van der Waals surface area contributed by atoms with Crippen molar-refractivity contribution in [2.45, 2.75) is 45.5 Å². The normalized spacial score (nSPS) is 13.5. The van der Waals surface area contributed by atoms with Gasteiger partial charge in [-0.25, -0.2) is 4.98 Å². The second kappa shape index (κ2) is 4.22. The van der Waals surface area contributed by atoms with Crippen LogP contribution >= 0.6 is 11.3 Å². The zero-order chi connectivity index (χ0) is 12.7. The van der Waals surface area contributed by atoms with Crippen molar-refractivity contribution in [2.24, 2.45) is 0 Å². The third kappa shape index (κ3) is 2.61. The molecule has 0 atom stereocenters. The number of nitrogens with zero attached hydrogens (tertiary/aromatic N) is 2. The van der Waals surface area contributed by atoms with Crippen LogP contribution in [0.1, 0.15) is 25.6 Å². The van der Waals surface area contributed by atoms with E-state index in [1.54, 1.807) is 11.3 Å². The van der Waals surface area contributed by atoms with Crippen molar-refractivity contribution in [3.8, 4) is 0 Å². The molecular formula is C12H20N2OSSi. The molecule has 2 rings (SSSR count). The summed E-state index contributed by atoms with van der Waals surface area (Å²) in [6, 6.07) is 0. The Balaban J connectivity index is 2.06. The summed E-state index contributed by atoms with van der Waals surface area (Å²) in [7, 11) is -1.64. The van der Waals surface area contributed by atoms with E-state index in [0.29, 0.717) is 6.61 Å². The number of thiazole rings is 1. The summed E-state index contributed by atoms with van der Waals surface area (Å²) in [5, 5.41) is 0.268. The predicted octanol–water partition coefficient (Wildman–Crippen LogP) is 3.92. The number of hydrogen-bond donors (Lipinski definition) is 0. The fraction of sp³-hybridized carbons (Fsp3) is 0.583. The molecule has 0 aromatic carbocycles. The number of hydrogen-bond acceptors (Lipinski definition) is 3. The van der Waals surface area contributed by atoms with Gasteiger partial charge >= 0.3 is 0 Å². The zero-order valence-electron chi connectivity index (χ0n) is 11.2. The van der Waals surface area contributed by atoms with Gasteiger partial charge < -0.3 is 4.43 Å². The van der Waals surface area contributed by atoms with Crippen molar-refractivity contribution in [1.82, 2.24) is 9.38 Å². The highest BCUT2D eigenvalue weighted by Crippen LogP contribution is 2.37. The van der Waals surface area contributed by atoms with Gasteiger partial charge in [0.2, 0.25) is 0 Å². The van der Waals surface area contributed by atoms with Crippen molar-refractivity contribution in [3.05, 3.63) is 23.5 Å². The van der Waals surface area contributed by atoms with Crippen LogP contribution in [-0.2, 0) is 11.0 Å². The van der Waals surface area contributed by atoms with Crippen molar-refractivity contribution in [3.63, 3.8) is 0 Å². The highest BCUT2D eigenvalue weighted by atomic mass is 32.1. The van der Waals surface area contributed by atoms with Gasteiger partial charge in [0, 0.05) is 23.5 Å². The average molecular weight is 268 g/mol. The molecule has 0 fully saturated rings. The largest absolute Gasteiger partial charge is 0.412 e. The summed E-state index contributed by atoms with van der Waals surface area (Å²) in [5.74, 6) is 0. The topological polar surface area (TPSA) is 26.5 Å². The summed E-state index contributed by atoms with van der Waals surface area (Å²) >= 11 is 1.70. The van der Waals surface area contributed by atoms with Gasteiger partial charge in [0.05, 0.1) is 6.61 Å². The molecule has 0 N–H and O–H groups in total. The summed E-state index contributed by atoms with van der Waals surface area (Å²) in [6.07, 6.45) is 5.91. The molecule has 0 saturated heterocycles. The molecule has 0 amide bonds. The number of aromatic nitrogens is 2. The standard InChI is InChI=1S/C12H20N2OSSi/c1-12(2,3)17(4,5)15-9-10-8-14-7-6-13-11(14)16-10/h6-8H,9H2,1-5H3. The number of rotatable bonds is 3. The monoisotopic (exact) mass is 268 g/mol. The van der Waals surface area contributed by atoms with E-state index in [-0.39, 0.29) is 5.04 Å². The average Bonchev–Trinajstić information content (AvgIpc) is 2.71. The molecule has 2 aromatic heterocycles. The minimum atomic E-state index is -1.64. The van der Waals surface area contributed by atoms with Gasteiger partial charge in [-0.05, 0) is 18.1 Å². The summed E-state index contributed by atoms with van der Waals surface area (Å²) < 4.78 is 8.24. The van der Waals surface area contributed by atoms with Crippen molar-refractivity contribution >= 4 is 24.6 Å². The molecule has 0 radical (unpaired) electrons. The molecule has 5 heteroatoms. The summed E-state index contributed by atoms with van der Waals surface area (Å²) in [5.41, 5.74) is 0. The van der Waals surface area contributed by atoms with Crippen LogP contribution in [-0.4, -0.2) is 17.7 Å². The van der Waals surface area contributed by atoms with Crippen LogP contribution in [0.5, 0.6) is 0 Å². The van der Waals surface area contributed by atoms with Crippen molar-refractivity contribution < 1.29 is 4.43 Å². The second-order valence-electron chi connectivity index (χ2n) is 5.86. The van der Waals surface area contributed by atoms with Gasteiger partial charge in [-0.1, -0.05) is 32.1 Å². The van der Waals surface area contributed by atoms with E-state index in [1.807, 2.05) is 12.4 Å². The lowest BCUT2D eigenvalue weighted by molar-refractivity contribution is 0.279. The first-order valence-electron chi connectivity index (χ1n) is 5.85. The minimum Gasteiger partial charge on any atom is -0.412 e. The molecule has 0 saturated carbocycles. The number of imidazole rings is 1. The van der Waals surface area contributed by atoms with Crippen LogP contribution < -0.4 is 0 Å². The Morgan fingerprint density at radius 3 is 2.71 bits per heavy atom. The van der Waals surface area contributed by atoms with Gasteiger partial charge in [-0.2, -0.15) is 0 Å². The van der Waals surface area contributed by atoms with E-state index in [4.69, 9.17) is 4.43 Å². The number of fused-ring (bicyclic) bond motifs is 1. The lowest BCUT2D eigenvalue weighted by Crippen LogP contribution is -2.40. The maximum atomic E-state index is 6.19. The Hall–Kier alpha value is -0.653. The van der Waals surface area contributed by atoms with E-state index >= 15 is 0 Å². The molecule has 0 aliphatic carbocycles. The Kier molecular flexibility index (Phi) is 3.18. The fourth-order valence-corrected chi connectivity index (χ4v) is 3.22. The Morgan fingerprint density at radius 2 is 2.12 bits per heavy atom. The summed E-state index contributed by atoms with van der Waals surface area (Å²) in [6.45, 7) is 12.1. The Bertz CT molecular complexity index is 481. The van der Waals surface area contributed by atoms with Crippen LogP contribution in [0.2, 0.25) is 18.1 Å². The lowest BCUT2D eigenvalue weighted by Gasteiger charge is -2.35. The maximum absolute atomic E-state index is 6.19. The Labute approximate surface area is 108 Å². The first-order chi connectivity index (χ1) is 7.79. The first kappa shape index (κ1) is 12.8. The molecule has 3 nitrogen and oxygen atoms in total. The van der Waals surface area contributed by atoms with Crippen molar-refractivity contribution in [1.29, 1.82) is 0 Å². The molecule has 0 aliphatic rings. The van der Waals surface area contributed by atoms with Crippen LogP contribution in [0, 0.1) is 0 Å². The predicted molar refractivity (Wildman–Crippen MR) is 75.1 cm³/mol. The van der Waals surface area contributed by atoms with E-state index in [2.05, 4.69) is 49.4 Å². The first-order valence-corrected chi connectivity index (χ1v) is 9.57. The van der Waals surface area contributed by atoms with Crippen LogP contribution in [0.4, 0.5) is 0 Å². The molecule has 0 aliphatic heterocycles. The van der Waals surface area contributed by atoms with Gasteiger partial charge in [-0.3, -0.25) is 4.40 Å².